The molecule has 23 heavy (non-hydrogen) atoms. The molecule has 2 unspecified atom stereocenters. The first-order chi connectivity index (χ1) is 10.8. The van der Waals surface area contributed by atoms with E-state index in [2.05, 4.69) is 19.8 Å². The smallest absolute Gasteiger partial charge is 0.155 e. The number of terminal acetylenes is 1. The molecular formula is C21H28O2. The summed E-state index contributed by atoms with van der Waals surface area (Å²) in [6, 6.07) is 0. The van der Waals surface area contributed by atoms with Crippen LogP contribution in [0.4, 0.5) is 0 Å². The van der Waals surface area contributed by atoms with Gasteiger partial charge in [-0.25, -0.2) is 0 Å². The molecule has 124 valence electrons. The second-order valence-corrected chi connectivity index (χ2v) is 8.97. The van der Waals surface area contributed by atoms with Gasteiger partial charge in [-0.05, 0) is 74.2 Å². The second kappa shape index (κ2) is 4.73. The van der Waals surface area contributed by atoms with Crippen LogP contribution in [0.1, 0.15) is 65.2 Å². The lowest BCUT2D eigenvalue weighted by atomic mass is 9.47. The number of carbonyl (C=O) groups excluding carboxylic acids is 1. The molecule has 0 heterocycles. The van der Waals surface area contributed by atoms with E-state index in [4.69, 9.17) is 6.42 Å². The van der Waals surface area contributed by atoms with E-state index in [1.807, 2.05) is 6.08 Å². The maximum atomic E-state index is 11.8. The number of fused-ring (bicyclic) bond motifs is 5. The third-order valence-corrected chi connectivity index (χ3v) is 8.35. The zero-order valence-corrected chi connectivity index (χ0v) is 14.4. The van der Waals surface area contributed by atoms with E-state index < -0.39 is 5.60 Å². The van der Waals surface area contributed by atoms with E-state index in [1.54, 1.807) is 0 Å². The number of hydrogen-bond acceptors (Lipinski definition) is 2. The third kappa shape index (κ3) is 1.84. The number of carbonyl (C=O) groups is 1. The molecule has 3 saturated carbocycles. The highest BCUT2D eigenvalue weighted by molar-refractivity contribution is 5.91. The lowest BCUT2D eigenvalue weighted by Gasteiger charge is -2.58. The largest absolute Gasteiger partial charge is 0.377 e. The van der Waals surface area contributed by atoms with Crippen LogP contribution in [-0.2, 0) is 4.79 Å². The molecule has 4 aliphatic rings. The number of rotatable bonds is 0. The van der Waals surface area contributed by atoms with E-state index in [9.17, 15) is 9.90 Å². The summed E-state index contributed by atoms with van der Waals surface area (Å²) in [5.74, 6) is 4.93. The summed E-state index contributed by atoms with van der Waals surface area (Å²) in [6.45, 7) is 4.63. The van der Waals surface area contributed by atoms with Gasteiger partial charge in [-0.1, -0.05) is 25.3 Å². The third-order valence-electron chi connectivity index (χ3n) is 8.35. The fourth-order valence-electron chi connectivity index (χ4n) is 6.81. The van der Waals surface area contributed by atoms with Gasteiger partial charge in [0.1, 0.15) is 5.60 Å². The van der Waals surface area contributed by atoms with E-state index in [1.165, 1.54) is 12.0 Å². The summed E-state index contributed by atoms with van der Waals surface area (Å²) in [6.07, 6.45) is 15.6. The van der Waals surface area contributed by atoms with E-state index in [0.29, 0.717) is 30.0 Å². The fourth-order valence-corrected chi connectivity index (χ4v) is 6.81. The summed E-state index contributed by atoms with van der Waals surface area (Å²) in [7, 11) is 0. The molecule has 3 fully saturated rings. The molecule has 2 nitrogen and oxygen atoms in total. The summed E-state index contributed by atoms with van der Waals surface area (Å²) in [4.78, 5) is 11.8. The van der Waals surface area contributed by atoms with Gasteiger partial charge in [0.05, 0.1) is 0 Å². The average molecular weight is 314 g/mol. The first kappa shape index (κ1) is 15.5. The van der Waals surface area contributed by atoms with Crippen molar-refractivity contribution in [2.75, 3.05) is 0 Å². The van der Waals surface area contributed by atoms with Crippen molar-refractivity contribution >= 4 is 5.78 Å². The standard InChI is InChI=1S/C21H28O2/c1-4-21(23)12-9-18-16-6-5-14-13-15(22)7-10-19(14,2)17(16)8-11-20(18,21)3/h1,13,16-18,23H,5-12H2,2-3H3/t16-,17?,18?,19+,20+,21+/m1/s1/i1+1,4+1. The molecule has 0 bridgehead atoms. The summed E-state index contributed by atoms with van der Waals surface area (Å²) < 4.78 is 0. The van der Waals surface area contributed by atoms with Crippen LogP contribution < -0.4 is 0 Å². The van der Waals surface area contributed by atoms with Crippen LogP contribution >= 0.6 is 0 Å². The van der Waals surface area contributed by atoms with Gasteiger partial charge in [-0.3, -0.25) is 4.79 Å². The first-order valence-corrected chi connectivity index (χ1v) is 9.28. The van der Waals surface area contributed by atoms with Crippen molar-refractivity contribution in [3.63, 3.8) is 0 Å². The molecule has 1 N–H and O–H groups in total. The maximum absolute atomic E-state index is 11.8. The molecule has 0 aromatic carbocycles. The minimum Gasteiger partial charge on any atom is -0.377 e. The second-order valence-electron chi connectivity index (χ2n) is 8.97. The lowest BCUT2D eigenvalue weighted by Crippen LogP contribution is -2.54. The zero-order chi connectivity index (χ0) is 16.5. The van der Waals surface area contributed by atoms with E-state index >= 15 is 0 Å². The minimum atomic E-state index is -0.914. The molecule has 0 aliphatic heterocycles. The summed E-state index contributed by atoms with van der Waals surface area (Å²) in [5.41, 5.74) is 0.575. The highest BCUT2D eigenvalue weighted by Gasteiger charge is 2.63. The van der Waals surface area contributed by atoms with Crippen molar-refractivity contribution in [2.45, 2.75) is 70.8 Å². The van der Waals surface area contributed by atoms with Gasteiger partial charge >= 0.3 is 0 Å². The molecule has 4 rings (SSSR count). The Kier molecular flexibility index (Phi) is 3.18. The summed E-state index contributed by atoms with van der Waals surface area (Å²) >= 11 is 0. The Bertz CT molecular complexity index is 626. The molecule has 0 saturated heterocycles. The van der Waals surface area contributed by atoms with Crippen molar-refractivity contribution < 1.29 is 9.90 Å². The van der Waals surface area contributed by atoms with Gasteiger partial charge in [0.25, 0.3) is 0 Å². The SMILES string of the molecule is C[C@]12CCC(=O)C=C1CC[C@@H]1C2CC[C@@]2(C)C1CC[C@@]2(O)[13C]#[13CH]. The Morgan fingerprint density at radius 2 is 1.87 bits per heavy atom. The molecule has 4 aliphatic carbocycles. The Balaban J connectivity index is 1.70. The Hall–Kier alpha value is -1.07. The van der Waals surface area contributed by atoms with Crippen LogP contribution in [0, 0.1) is 40.9 Å². The molecule has 6 atom stereocenters. The van der Waals surface area contributed by atoms with Gasteiger partial charge in [0, 0.05) is 11.8 Å². The quantitative estimate of drug-likeness (QED) is 0.544. The van der Waals surface area contributed by atoms with E-state index in [-0.39, 0.29) is 10.8 Å². The van der Waals surface area contributed by atoms with Crippen LogP contribution in [0.25, 0.3) is 0 Å². The lowest BCUT2D eigenvalue weighted by molar-refractivity contribution is -0.119. The van der Waals surface area contributed by atoms with Crippen molar-refractivity contribution in [3.8, 4) is 12.3 Å². The molecular weight excluding hydrogens is 286 g/mol. The molecule has 0 aromatic heterocycles. The van der Waals surface area contributed by atoms with Crippen molar-refractivity contribution in [2.24, 2.45) is 28.6 Å². The first-order valence-electron chi connectivity index (χ1n) is 9.28. The number of hydrogen-bond donors (Lipinski definition) is 1. The van der Waals surface area contributed by atoms with Crippen LogP contribution in [0.15, 0.2) is 11.6 Å². The molecule has 2 heteroatoms. The normalized spacial score (nSPS) is 52.0. The van der Waals surface area contributed by atoms with Crippen LogP contribution in [-0.4, -0.2) is 16.5 Å². The monoisotopic (exact) mass is 314 g/mol. The Labute approximate surface area is 139 Å². The van der Waals surface area contributed by atoms with Crippen molar-refractivity contribution in [1.29, 1.82) is 0 Å². The maximum Gasteiger partial charge on any atom is 0.155 e. The van der Waals surface area contributed by atoms with Crippen LogP contribution in [0.5, 0.6) is 0 Å². The molecule has 0 amide bonds. The minimum absolute atomic E-state index is 0.120. The van der Waals surface area contributed by atoms with E-state index in [0.717, 1.165) is 38.5 Å². The average Bonchev–Trinajstić information content (AvgIpc) is 2.80. The zero-order valence-electron chi connectivity index (χ0n) is 14.4. The highest BCUT2D eigenvalue weighted by atomic mass is 16.3. The molecule has 0 radical (unpaired) electrons. The van der Waals surface area contributed by atoms with Crippen LogP contribution in [0.2, 0.25) is 0 Å². The van der Waals surface area contributed by atoms with Gasteiger partial charge in [-0.2, -0.15) is 0 Å². The van der Waals surface area contributed by atoms with Crippen molar-refractivity contribution in [3.05, 3.63) is 11.6 Å². The highest BCUT2D eigenvalue weighted by Crippen LogP contribution is 2.67. The predicted octanol–water partition coefficient (Wildman–Crippen LogP) is 3.88. The predicted molar refractivity (Wildman–Crippen MR) is 90.5 cm³/mol. The molecule has 0 spiro atoms. The number of allylic oxidation sites excluding steroid dienone is 1. The van der Waals surface area contributed by atoms with Gasteiger partial charge in [0.15, 0.2) is 5.78 Å². The number of ketones is 1. The number of aliphatic hydroxyl groups is 1. The Morgan fingerprint density at radius 1 is 1.13 bits per heavy atom. The van der Waals surface area contributed by atoms with Crippen molar-refractivity contribution in [1.82, 2.24) is 0 Å². The van der Waals surface area contributed by atoms with Gasteiger partial charge in [0.2, 0.25) is 0 Å². The van der Waals surface area contributed by atoms with Gasteiger partial charge < -0.3 is 5.11 Å². The fraction of sp³-hybridized carbons (Fsp3) is 0.762. The van der Waals surface area contributed by atoms with Gasteiger partial charge in [-0.15, -0.1) is 6.42 Å². The van der Waals surface area contributed by atoms with Crippen LogP contribution in [0.3, 0.4) is 0 Å². The molecule has 0 aromatic rings. The topological polar surface area (TPSA) is 37.3 Å². The Morgan fingerprint density at radius 3 is 2.61 bits per heavy atom. The summed E-state index contributed by atoms with van der Waals surface area (Å²) in [5, 5.41) is 11.0.